The van der Waals surface area contributed by atoms with Gasteiger partial charge in [-0.1, -0.05) is 17.7 Å². The lowest BCUT2D eigenvalue weighted by Gasteiger charge is -2.39. The number of ether oxygens (including phenoxy) is 3. The Morgan fingerprint density at radius 2 is 2.04 bits per heavy atom. The van der Waals surface area contributed by atoms with Crippen LogP contribution in [0.5, 0.6) is 0 Å². The van der Waals surface area contributed by atoms with E-state index >= 15 is 0 Å². The topological polar surface area (TPSA) is 85.2 Å². The molecule has 4 aliphatic rings. The molecule has 2 saturated heterocycles. The normalized spacial score (nSPS) is 47.6. The van der Waals surface area contributed by atoms with Gasteiger partial charge in [-0.15, -0.1) is 0 Å². The van der Waals surface area contributed by atoms with Gasteiger partial charge in [-0.25, -0.2) is 4.79 Å². The van der Waals surface area contributed by atoms with E-state index in [-0.39, 0.29) is 12.3 Å². The molecule has 0 aliphatic carbocycles. The Morgan fingerprint density at radius 3 is 2.73 bits per heavy atom. The molecule has 0 aromatic rings. The van der Waals surface area contributed by atoms with Crippen molar-refractivity contribution in [3.8, 4) is 0 Å². The van der Waals surface area contributed by atoms with Gasteiger partial charge < -0.3 is 24.4 Å². The molecule has 4 heterocycles. The van der Waals surface area contributed by atoms with Crippen LogP contribution in [0.2, 0.25) is 0 Å². The van der Waals surface area contributed by atoms with Crippen molar-refractivity contribution >= 4 is 5.97 Å². The minimum absolute atomic E-state index is 0.111. The summed E-state index contributed by atoms with van der Waals surface area (Å²) in [4.78, 5) is 12.5. The van der Waals surface area contributed by atoms with Gasteiger partial charge in [0, 0.05) is 12.8 Å². The molecule has 1 spiro atoms. The lowest BCUT2D eigenvalue weighted by Crippen LogP contribution is -2.53. The number of carbonyl (C=O) groups excluding carboxylic acids is 1. The fourth-order valence-corrected chi connectivity index (χ4v) is 4.61. The van der Waals surface area contributed by atoms with Gasteiger partial charge in [0.05, 0.1) is 0 Å². The number of esters is 1. The summed E-state index contributed by atoms with van der Waals surface area (Å²) >= 11 is 0. The monoisotopic (exact) mass is 362 g/mol. The molecule has 3 bridgehead atoms. The molecule has 142 valence electrons. The van der Waals surface area contributed by atoms with E-state index in [9.17, 15) is 15.0 Å². The molecule has 6 heteroatoms. The number of rotatable bonds is 1. The number of aliphatic hydroxyl groups is 2. The highest BCUT2D eigenvalue weighted by Crippen LogP contribution is 2.50. The predicted molar refractivity (Wildman–Crippen MR) is 92.8 cm³/mol. The third-order valence-electron chi connectivity index (χ3n) is 6.16. The van der Waals surface area contributed by atoms with Crippen molar-refractivity contribution in [2.45, 2.75) is 75.8 Å². The number of carbonyl (C=O) groups is 1. The fraction of sp³-hybridized carbons (Fsp3) is 0.650. The first-order chi connectivity index (χ1) is 12.1. The molecule has 2 N–H and O–H groups in total. The van der Waals surface area contributed by atoms with Crippen LogP contribution in [0.25, 0.3) is 0 Å². The van der Waals surface area contributed by atoms with Crippen LogP contribution in [0.4, 0.5) is 0 Å². The Hall–Kier alpha value is -1.47. The quantitative estimate of drug-likeness (QED) is 0.549. The maximum atomic E-state index is 12.5. The van der Waals surface area contributed by atoms with E-state index in [1.165, 1.54) is 0 Å². The predicted octanol–water partition coefficient (Wildman–Crippen LogP) is 2.12. The van der Waals surface area contributed by atoms with Crippen molar-refractivity contribution < 1.29 is 29.2 Å². The Kier molecular flexibility index (Phi) is 3.80. The van der Waals surface area contributed by atoms with Crippen molar-refractivity contribution in [2.75, 3.05) is 0 Å². The molecule has 4 rings (SSSR count). The van der Waals surface area contributed by atoms with Crippen molar-refractivity contribution in [3.63, 3.8) is 0 Å². The van der Waals surface area contributed by atoms with E-state index in [0.717, 1.165) is 11.1 Å². The number of hydrogen-bond acceptors (Lipinski definition) is 6. The minimum Gasteiger partial charge on any atom is -0.457 e. The zero-order chi connectivity index (χ0) is 18.9. The van der Waals surface area contributed by atoms with Crippen LogP contribution in [-0.4, -0.2) is 45.6 Å². The molecule has 0 unspecified atom stereocenters. The summed E-state index contributed by atoms with van der Waals surface area (Å²) in [6, 6.07) is 0. The first-order valence-corrected chi connectivity index (χ1v) is 9.14. The lowest BCUT2D eigenvalue weighted by molar-refractivity contribution is -0.307. The third kappa shape index (κ3) is 2.51. The molecule has 0 saturated carbocycles. The van der Waals surface area contributed by atoms with Gasteiger partial charge in [-0.05, 0) is 57.3 Å². The molecule has 2 fully saturated rings. The SMILES string of the molecule is C=C(C)[C@H]1CC[C@]2(O)C(=O)O[C@@H]3CC(C)=C[C@]4(C=C(C)[C@](O)(C1)O4)O[C@@H]32. The van der Waals surface area contributed by atoms with Gasteiger partial charge in [-0.2, -0.15) is 0 Å². The zero-order valence-corrected chi connectivity index (χ0v) is 15.4. The minimum atomic E-state index is -1.73. The highest BCUT2D eigenvalue weighted by Gasteiger charge is 2.62. The standard InChI is InChI=1S/C20H26O6/c1-11(2)14-5-6-19(22)16-15(24-17(19)21)7-12(3)8-18(25-16)9-13(4)20(23,10-14)26-18/h8-9,14-16,22-23H,1,5-7,10H2,2-4H3/t14-,15+,16-,18-,19+,20-/m0/s1. The highest BCUT2D eigenvalue weighted by atomic mass is 16.8. The molecule has 0 aromatic carbocycles. The average molecular weight is 362 g/mol. The molecule has 0 aromatic heterocycles. The average Bonchev–Trinajstić information content (AvgIpc) is 2.82. The summed E-state index contributed by atoms with van der Waals surface area (Å²) in [6.07, 6.45) is 3.53. The molecular formula is C20H26O6. The summed E-state index contributed by atoms with van der Waals surface area (Å²) in [5.74, 6) is -3.55. The Morgan fingerprint density at radius 1 is 1.31 bits per heavy atom. The molecule has 6 atom stereocenters. The highest BCUT2D eigenvalue weighted by molar-refractivity contribution is 5.83. The maximum absolute atomic E-state index is 12.5. The second kappa shape index (κ2) is 5.52. The first kappa shape index (κ1) is 17.9. The van der Waals surface area contributed by atoms with Gasteiger partial charge in [0.1, 0.15) is 12.2 Å². The van der Waals surface area contributed by atoms with E-state index < -0.39 is 35.4 Å². The number of hydrogen-bond donors (Lipinski definition) is 2. The third-order valence-corrected chi connectivity index (χ3v) is 6.16. The summed E-state index contributed by atoms with van der Waals surface area (Å²) in [6.45, 7) is 9.61. The molecular weight excluding hydrogens is 336 g/mol. The Balaban J connectivity index is 1.85. The van der Waals surface area contributed by atoms with Gasteiger partial charge >= 0.3 is 5.97 Å². The molecule has 0 radical (unpaired) electrons. The molecule has 4 aliphatic heterocycles. The fourth-order valence-electron chi connectivity index (χ4n) is 4.61. The lowest BCUT2D eigenvalue weighted by atomic mass is 9.81. The Bertz CT molecular complexity index is 739. The van der Waals surface area contributed by atoms with Crippen LogP contribution in [0, 0.1) is 5.92 Å². The van der Waals surface area contributed by atoms with Gasteiger partial charge in [0.25, 0.3) is 0 Å². The van der Waals surface area contributed by atoms with Crippen molar-refractivity contribution in [1.29, 1.82) is 0 Å². The van der Waals surface area contributed by atoms with Gasteiger partial charge in [0.2, 0.25) is 5.79 Å². The smallest absolute Gasteiger partial charge is 0.341 e. The second-order valence-electron chi connectivity index (χ2n) is 8.32. The van der Waals surface area contributed by atoms with Crippen molar-refractivity contribution in [3.05, 3.63) is 35.5 Å². The number of allylic oxidation sites excluding steroid dienone is 1. The largest absolute Gasteiger partial charge is 0.457 e. The van der Waals surface area contributed by atoms with Crippen LogP contribution < -0.4 is 0 Å². The summed E-state index contributed by atoms with van der Waals surface area (Å²) in [5.41, 5.74) is 0.714. The van der Waals surface area contributed by atoms with Crippen LogP contribution in [-0.2, 0) is 19.0 Å². The number of fused-ring (bicyclic) bond motifs is 1. The van der Waals surface area contributed by atoms with Crippen molar-refractivity contribution in [2.24, 2.45) is 5.92 Å². The zero-order valence-electron chi connectivity index (χ0n) is 15.4. The first-order valence-electron chi connectivity index (χ1n) is 9.14. The summed E-state index contributed by atoms with van der Waals surface area (Å²) < 4.78 is 17.7. The second-order valence-corrected chi connectivity index (χ2v) is 8.32. The van der Waals surface area contributed by atoms with E-state index in [2.05, 4.69) is 6.58 Å². The van der Waals surface area contributed by atoms with E-state index in [0.29, 0.717) is 24.8 Å². The Labute approximate surface area is 153 Å². The van der Waals surface area contributed by atoms with Gasteiger partial charge in [-0.3, -0.25) is 0 Å². The summed E-state index contributed by atoms with van der Waals surface area (Å²) in [5, 5.41) is 22.4. The maximum Gasteiger partial charge on any atom is 0.341 e. The van der Waals surface area contributed by atoms with E-state index in [1.807, 2.05) is 13.8 Å². The molecule has 6 nitrogen and oxygen atoms in total. The van der Waals surface area contributed by atoms with Crippen LogP contribution >= 0.6 is 0 Å². The van der Waals surface area contributed by atoms with Crippen LogP contribution in [0.15, 0.2) is 35.5 Å². The van der Waals surface area contributed by atoms with Gasteiger partial charge in [0.15, 0.2) is 11.4 Å². The molecule has 26 heavy (non-hydrogen) atoms. The van der Waals surface area contributed by atoms with E-state index in [1.54, 1.807) is 19.1 Å². The van der Waals surface area contributed by atoms with Crippen molar-refractivity contribution in [1.82, 2.24) is 0 Å². The van der Waals surface area contributed by atoms with E-state index in [4.69, 9.17) is 14.2 Å². The molecule has 0 amide bonds. The van der Waals surface area contributed by atoms with Crippen LogP contribution in [0.3, 0.4) is 0 Å². The summed E-state index contributed by atoms with van der Waals surface area (Å²) in [7, 11) is 0. The van der Waals surface area contributed by atoms with Crippen LogP contribution in [0.1, 0.15) is 46.5 Å².